The fourth-order valence-electron chi connectivity index (χ4n) is 15.0. The molecule has 9 rings (SSSR count). The van der Waals surface area contributed by atoms with Crippen molar-refractivity contribution in [3.63, 3.8) is 0 Å². The molecule has 4 heterocycles. The van der Waals surface area contributed by atoms with Crippen molar-refractivity contribution in [2.24, 2.45) is 45.3 Å². The number of benzene rings is 1. The Hall–Kier alpha value is -3.08. The van der Waals surface area contributed by atoms with Gasteiger partial charge in [0.25, 0.3) is 0 Å². The third kappa shape index (κ3) is 6.80. The lowest BCUT2D eigenvalue weighted by Gasteiger charge is -2.70. The summed E-state index contributed by atoms with van der Waals surface area (Å²) in [7, 11) is 1.96. The van der Waals surface area contributed by atoms with Gasteiger partial charge in [-0.3, -0.25) is 9.59 Å². The predicted molar refractivity (Wildman–Crippen MR) is 239 cm³/mol. The molecule has 3 saturated carbocycles. The SMILES string of the molecule is CNCC[C@]1(C)C(=O)CC[C@@]2(C)[C@H]3[C@H](O)[C@@H](Cn4cc(Cc5cc(C)cc(C6CCOCC6)c5)c5[nH]ccc54)C4=C([C@H](C)C[C@@H](O)[C@H]5OC5(C)C)C(=O)C[C@]4(C)[C@@]3(C)CC[C@H]21. The van der Waals surface area contributed by atoms with E-state index in [9.17, 15) is 19.8 Å². The Morgan fingerprint density at radius 1 is 1.03 bits per heavy atom. The van der Waals surface area contributed by atoms with Crippen LogP contribution in [-0.4, -0.2) is 82.0 Å². The number of carbonyl (C=O) groups is 2. The smallest absolute Gasteiger partial charge is 0.160 e. The van der Waals surface area contributed by atoms with Gasteiger partial charge >= 0.3 is 0 Å². The number of allylic oxidation sites excluding steroid dienone is 1. The lowest BCUT2D eigenvalue weighted by atomic mass is 9.34. The number of ether oxygens (including phenoxy) is 2. The molecule has 4 aliphatic carbocycles. The van der Waals surface area contributed by atoms with Crippen LogP contribution in [0.2, 0.25) is 0 Å². The molecule has 0 unspecified atom stereocenters. The molecule has 2 aliphatic heterocycles. The van der Waals surface area contributed by atoms with Crippen LogP contribution < -0.4 is 5.32 Å². The maximum Gasteiger partial charge on any atom is 0.160 e. The number of aryl methyl sites for hydroxylation is 1. The van der Waals surface area contributed by atoms with Gasteiger partial charge in [-0.25, -0.2) is 0 Å². The summed E-state index contributed by atoms with van der Waals surface area (Å²) in [6.07, 6.45) is 10.2. The second-order valence-corrected chi connectivity index (χ2v) is 22.2. The van der Waals surface area contributed by atoms with E-state index in [-0.39, 0.29) is 52.0 Å². The van der Waals surface area contributed by atoms with Crippen molar-refractivity contribution < 1.29 is 29.3 Å². The summed E-state index contributed by atoms with van der Waals surface area (Å²) in [6, 6.07) is 9.22. The Bertz CT molecular complexity index is 2230. The molecule has 0 radical (unpaired) electrons. The molecule has 11 atom stereocenters. The molecule has 4 N–H and O–H groups in total. The molecule has 9 nitrogen and oxygen atoms in total. The first-order valence-corrected chi connectivity index (χ1v) is 23.7. The number of aromatic amines is 1. The molecule has 6 aliphatic rings. The van der Waals surface area contributed by atoms with Gasteiger partial charge in [0.2, 0.25) is 0 Å². The summed E-state index contributed by atoms with van der Waals surface area (Å²) >= 11 is 0. The molecular weight excluding hydrogens is 763 g/mol. The van der Waals surface area contributed by atoms with E-state index in [1.165, 1.54) is 22.3 Å². The molecule has 61 heavy (non-hydrogen) atoms. The van der Waals surface area contributed by atoms with Gasteiger partial charge in [0, 0.05) is 68.2 Å². The van der Waals surface area contributed by atoms with Crippen molar-refractivity contribution in [3.8, 4) is 0 Å². The van der Waals surface area contributed by atoms with E-state index in [0.717, 1.165) is 86.9 Å². The summed E-state index contributed by atoms with van der Waals surface area (Å²) in [5.41, 5.74) is 7.36. The number of hydrogen-bond donors (Lipinski definition) is 4. The molecule has 0 spiro atoms. The Morgan fingerprint density at radius 2 is 1.77 bits per heavy atom. The van der Waals surface area contributed by atoms with Gasteiger partial charge < -0.3 is 34.6 Å². The van der Waals surface area contributed by atoms with E-state index in [0.29, 0.717) is 37.5 Å². The van der Waals surface area contributed by atoms with Crippen LogP contribution in [0.3, 0.4) is 0 Å². The molecule has 9 heteroatoms. The number of fused-ring (bicyclic) bond motifs is 6. The van der Waals surface area contributed by atoms with Crippen molar-refractivity contribution >= 4 is 22.6 Å². The number of ketones is 2. The van der Waals surface area contributed by atoms with E-state index in [1.54, 1.807) is 0 Å². The van der Waals surface area contributed by atoms with E-state index in [1.807, 2.05) is 27.1 Å². The number of Topliss-reactive ketones (excluding diaryl/α,β-unsaturated/α-hetero) is 2. The molecule has 2 aromatic heterocycles. The highest BCUT2D eigenvalue weighted by atomic mass is 16.6. The maximum atomic E-state index is 14.9. The standard InChI is InChI=1S/C52H73N3O6/c1-30-22-32(25-34(23-30)33-13-20-60-21-14-33)26-35-28-55(37-12-18-54-44(35)37)29-36-43-42(31(2)24-38(56)47-48(3,4)61-47)39(57)27-52(43,8)51(7)16-10-40-49(5,17-19-53-9)41(58)11-15-50(40,6)46(51)45(36)59/h12,18,22-23,25,28,31,33,36,38,40,45-47,53-54,56,59H,10-11,13-17,19-21,24,26-27,29H2,1-9H3/t31-,36+,38-,40+,45-,46-,47-,49+,50-,51+,52+/m1/s1. The van der Waals surface area contributed by atoms with Crippen LogP contribution in [0.5, 0.6) is 0 Å². The van der Waals surface area contributed by atoms with Crippen LogP contribution in [0.4, 0.5) is 0 Å². The Labute approximate surface area is 363 Å². The van der Waals surface area contributed by atoms with Gasteiger partial charge in [-0.1, -0.05) is 58.4 Å². The van der Waals surface area contributed by atoms with Crippen LogP contribution in [0.15, 0.2) is 47.8 Å². The molecule has 5 fully saturated rings. The van der Waals surface area contributed by atoms with Crippen LogP contribution in [-0.2, 0) is 32.0 Å². The van der Waals surface area contributed by atoms with Crippen LogP contribution in [0.25, 0.3) is 11.0 Å². The number of aliphatic hydroxyl groups is 2. The van der Waals surface area contributed by atoms with E-state index >= 15 is 0 Å². The van der Waals surface area contributed by atoms with Crippen molar-refractivity contribution in [1.29, 1.82) is 0 Å². The number of aliphatic hydroxyl groups excluding tert-OH is 2. The Kier molecular flexibility index (Phi) is 10.8. The number of hydrogen-bond acceptors (Lipinski definition) is 7. The summed E-state index contributed by atoms with van der Waals surface area (Å²) in [5, 5.41) is 28.3. The van der Waals surface area contributed by atoms with Gasteiger partial charge in [0.05, 0.1) is 28.8 Å². The minimum Gasteiger partial charge on any atom is -0.392 e. The van der Waals surface area contributed by atoms with Crippen LogP contribution in [0, 0.1) is 52.3 Å². The summed E-state index contributed by atoms with van der Waals surface area (Å²) < 4.78 is 13.9. The average molecular weight is 836 g/mol. The van der Waals surface area contributed by atoms with Gasteiger partial charge in [0.1, 0.15) is 11.9 Å². The molecule has 3 aromatic rings. The normalized spacial score (nSPS) is 37.1. The first-order valence-electron chi connectivity index (χ1n) is 23.7. The first kappa shape index (κ1) is 43.2. The van der Waals surface area contributed by atoms with Gasteiger partial charge in [0.15, 0.2) is 5.78 Å². The fraction of sp³-hybridized carbons (Fsp3) is 0.692. The van der Waals surface area contributed by atoms with Crippen LogP contribution >= 0.6 is 0 Å². The Morgan fingerprint density at radius 3 is 2.48 bits per heavy atom. The minimum atomic E-state index is -0.731. The van der Waals surface area contributed by atoms with E-state index in [4.69, 9.17) is 9.47 Å². The summed E-state index contributed by atoms with van der Waals surface area (Å²) in [4.78, 5) is 32.4. The van der Waals surface area contributed by atoms with Gasteiger partial charge in [-0.2, -0.15) is 0 Å². The van der Waals surface area contributed by atoms with Crippen molar-refractivity contribution in [3.05, 3.63) is 70.1 Å². The fourth-order valence-corrected chi connectivity index (χ4v) is 15.0. The number of epoxide rings is 1. The molecule has 0 amide bonds. The minimum absolute atomic E-state index is 0.110. The Balaban J connectivity index is 1.14. The number of nitrogens with one attached hydrogen (secondary N) is 2. The second kappa shape index (κ2) is 15.3. The number of carbonyl (C=O) groups excluding carboxylic acids is 2. The maximum absolute atomic E-state index is 14.9. The molecule has 332 valence electrons. The summed E-state index contributed by atoms with van der Waals surface area (Å²) in [6.45, 7) is 20.6. The average Bonchev–Trinajstić information content (AvgIpc) is 3.49. The van der Waals surface area contributed by atoms with Crippen molar-refractivity contribution in [2.45, 2.75) is 156 Å². The van der Waals surface area contributed by atoms with E-state index < -0.39 is 23.0 Å². The number of rotatable bonds is 12. The van der Waals surface area contributed by atoms with Gasteiger partial charge in [-0.05, 0) is 148 Å². The number of nitrogens with zero attached hydrogens (tertiary/aromatic N) is 1. The quantitative estimate of drug-likeness (QED) is 0.135. The number of H-pyrrole nitrogens is 1. The zero-order chi connectivity index (χ0) is 43.4. The van der Waals surface area contributed by atoms with Crippen molar-refractivity contribution in [1.82, 2.24) is 14.9 Å². The highest BCUT2D eigenvalue weighted by Gasteiger charge is 2.72. The molecular formula is C52H73N3O6. The first-order chi connectivity index (χ1) is 28.9. The van der Waals surface area contributed by atoms with Crippen molar-refractivity contribution in [2.75, 3.05) is 26.8 Å². The van der Waals surface area contributed by atoms with Gasteiger partial charge in [-0.15, -0.1) is 0 Å². The monoisotopic (exact) mass is 836 g/mol. The molecule has 0 bridgehead atoms. The zero-order valence-corrected chi connectivity index (χ0v) is 38.5. The highest BCUT2D eigenvalue weighted by molar-refractivity contribution is 6.01. The zero-order valence-electron chi connectivity index (χ0n) is 38.5. The highest BCUT2D eigenvalue weighted by Crippen LogP contribution is 2.75. The third-order valence-corrected chi connectivity index (χ3v) is 18.2. The van der Waals surface area contributed by atoms with Crippen LogP contribution in [0.1, 0.15) is 134 Å². The third-order valence-electron chi connectivity index (χ3n) is 18.2. The lowest BCUT2D eigenvalue weighted by Crippen LogP contribution is -2.68. The second-order valence-electron chi connectivity index (χ2n) is 22.2. The number of aromatic nitrogens is 2. The predicted octanol–water partition coefficient (Wildman–Crippen LogP) is 8.61. The topological polar surface area (TPSA) is 129 Å². The largest absolute Gasteiger partial charge is 0.392 e. The van der Waals surface area contributed by atoms with E-state index in [2.05, 4.69) is 86.9 Å². The molecule has 2 saturated heterocycles. The summed E-state index contributed by atoms with van der Waals surface area (Å²) in [5.74, 6) is 0.545. The molecule has 1 aromatic carbocycles. The lowest BCUT2D eigenvalue weighted by molar-refractivity contribution is -0.222.